The first kappa shape index (κ1) is 34.0. The second kappa shape index (κ2) is 19.7. The number of Topliss-reactive ketones (excluding diaryl/α,β-unsaturated/α-hetero) is 1. The lowest BCUT2D eigenvalue weighted by Gasteiger charge is -2.21. The maximum absolute atomic E-state index is 12.4. The number of nitrogens with zero attached hydrogens (tertiary/aromatic N) is 3. The Morgan fingerprint density at radius 1 is 0.610 bits per heavy atom. The van der Waals surface area contributed by atoms with Crippen LogP contribution in [0.3, 0.4) is 0 Å². The van der Waals surface area contributed by atoms with Gasteiger partial charge < -0.3 is 29.0 Å². The van der Waals surface area contributed by atoms with Crippen LogP contribution in [-0.2, 0) is 14.1 Å². The molecule has 0 spiro atoms. The van der Waals surface area contributed by atoms with Crippen LogP contribution in [0.2, 0.25) is 0 Å². The molecule has 0 bridgehead atoms. The normalized spacial score (nSPS) is 17.8. The summed E-state index contributed by atoms with van der Waals surface area (Å²) in [5, 5.41) is 0. The molecule has 3 heterocycles. The molecule has 41 heavy (non-hydrogen) atoms. The second-order valence-corrected chi connectivity index (χ2v) is 12.7. The Morgan fingerprint density at radius 3 is 1.39 bits per heavy atom. The minimum Gasteiger partial charge on any atom is -0.365 e. The third-order valence-corrected chi connectivity index (χ3v) is 8.61. The standard InChI is InChI=1S/C20H43O3P.C12H13N3O2/c1-2-3-4-5-6-7-8-9-10-11-12-13-14-15-16-17-18-19-20-23-24(21)22;16-9-7-8(13-1-2-13)12(17)11(15-5-6-15)10(9)14-3-4-14/h21-22H,2-20H2,1H3;7H,1-6H2. The Bertz CT molecular complexity index is 850. The van der Waals surface area contributed by atoms with Crippen LogP contribution >= 0.6 is 8.60 Å². The second-order valence-electron chi connectivity index (χ2n) is 12.0. The molecule has 3 fully saturated rings. The van der Waals surface area contributed by atoms with Crippen molar-refractivity contribution in [3.63, 3.8) is 0 Å². The van der Waals surface area contributed by atoms with E-state index in [4.69, 9.17) is 14.3 Å². The first-order valence-electron chi connectivity index (χ1n) is 16.6. The molecule has 3 saturated heterocycles. The Kier molecular flexibility index (Phi) is 16.3. The quantitative estimate of drug-likeness (QED) is 0.0606. The zero-order chi connectivity index (χ0) is 29.3. The van der Waals surface area contributed by atoms with Gasteiger partial charge in [-0.3, -0.25) is 9.59 Å². The lowest BCUT2D eigenvalue weighted by atomic mass is 10.0. The molecule has 8 nitrogen and oxygen atoms in total. The summed E-state index contributed by atoms with van der Waals surface area (Å²) in [6.45, 7) is 8.17. The number of rotatable bonds is 23. The number of carbonyl (C=O) groups excluding carboxylic acids is 2. The van der Waals surface area contributed by atoms with Crippen LogP contribution in [-0.4, -0.2) is 81.9 Å². The van der Waals surface area contributed by atoms with Crippen molar-refractivity contribution in [1.29, 1.82) is 0 Å². The zero-order valence-electron chi connectivity index (χ0n) is 25.7. The summed E-state index contributed by atoms with van der Waals surface area (Å²) in [6.07, 6.45) is 26.0. The summed E-state index contributed by atoms with van der Waals surface area (Å²) in [5.74, 6) is 0.0485. The van der Waals surface area contributed by atoms with Gasteiger partial charge >= 0.3 is 8.60 Å². The van der Waals surface area contributed by atoms with Crippen molar-refractivity contribution in [2.45, 2.75) is 122 Å². The monoisotopic (exact) mass is 593 g/mol. The summed E-state index contributed by atoms with van der Waals surface area (Å²) in [5.41, 5.74) is 1.89. The molecule has 2 N–H and O–H groups in total. The number of carbonyl (C=O) groups is 2. The molecule has 4 rings (SSSR count). The number of unbranched alkanes of at least 4 members (excludes halogenated alkanes) is 17. The van der Waals surface area contributed by atoms with Crippen LogP contribution < -0.4 is 0 Å². The van der Waals surface area contributed by atoms with Crippen LogP contribution in [0.4, 0.5) is 0 Å². The molecule has 0 aromatic rings. The van der Waals surface area contributed by atoms with Crippen molar-refractivity contribution < 1.29 is 23.9 Å². The van der Waals surface area contributed by atoms with E-state index in [9.17, 15) is 9.59 Å². The summed E-state index contributed by atoms with van der Waals surface area (Å²) >= 11 is 0. The Morgan fingerprint density at radius 2 is 1.00 bits per heavy atom. The molecule has 1 aliphatic carbocycles. The molecule has 234 valence electrons. The van der Waals surface area contributed by atoms with E-state index in [2.05, 4.69) is 6.92 Å². The minimum absolute atomic E-state index is 0.00546. The van der Waals surface area contributed by atoms with Gasteiger partial charge in [0.2, 0.25) is 11.6 Å². The Labute approximate surface area is 250 Å². The van der Waals surface area contributed by atoms with Crippen molar-refractivity contribution in [1.82, 2.24) is 14.7 Å². The maximum atomic E-state index is 12.4. The van der Waals surface area contributed by atoms with Gasteiger partial charge in [0.05, 0.1) is 12.3 Å². The van der Waals surface area contributed by atoms with Gasteiger partial charge in [-0.05, 0) is 6.42 Å². The summed E-state index contributed by atoms with van der Waals surface area (Å²) in [6, 6.07) is 0. The van der Waals surface area contributed by atoms with E-state index in [1.165, 1.54) is 109 Å². The summed E-state index contributed by atoms with van der Waals surface area (Å²) < 4.78 is 4.75. The van der Waals surface area contributed by atoms with E-state index in [1.807, 2.05) is 14.7 Å². The van der Waals surface area contributed by atoms with Gasteiger partial charge in [-0.2, -0.15) is 0 Å². The van der Waals surface area contributed by atoms with Gasteiger partial charge in [0.1, 0.15) is 11.4 Å². The molecule has 0 aromatic carbocycles. The fourth-order valence-electron chi connectivity index (χ4n) is 5.43. The van der Waals surface area contributed by atoms with E-state index < -0.39 is 8.60 Å². The first-order valence-corrected chi connectivity index (χ1v) is 17.8. The minimum atomic E-state index is -2.15. The largest absolute Gasteiger partial charge is 0.365 e. The number of hydrogen-bond donors (Lipinski definition) is 2. The zero-order valence-corrected chi connectivity index (χ0v) is 26.6. The number of ketones is 2. The van der Waals surface area contributed by atoms with Crippen molar-refractivity contribution in [3.8, 4) is 0 Å². The maximum Gasteiger partial charge on any atom is 0.327 e. The van der Waals surface area contributed by atoms with Gasteiger partial charge in [0.15, 0.2) is 0 Å². The fourth-order valence-corrected chi connectivity index (χ4v) is 5.72. The van der Waals surface area contributed by atoms with Crippen LogP contribution in [0.25, 0.3) is 0 Å². The van der Waals surface area contributed by atoms with Gasteiger partial charge in [-0.25, -0.2) is 0 Å². The molecule has 0 aromatic heterocycles. The van der Waals surface area contributed by atoms with Gasteiger partial charge in [0, 0.05) is 45.3 Å². The molecule has 0 unspecified atom stereocenters. The highest BCUT2D eigenvalue weighted by atomic mass is 31.2. The molecular formula is C32H56N3O5P. The fraction of sp³-hybridized carbons (Fsp3) is 0.812. The third-order valence-electron chi connectivity index (χ3n) is 8.19. The average Bonchev–Trinajstić information content (AvgIpc) is 3.80. The van der Waals surface area contributed by atoms with Crippen molar-refractivity contribution in [2.24, 2.45) is 0 Å². The summed E-state index contributed by atoms with van der Waals surface area (Å²) in [4.78, 5) is 47.7. The summed E-state index contributed by atoms with van der Waals surface area (Å²) in [7, 11) is -2.15. The average molecular weight is 594 g/mol. The van der Waals surface area contributed by atoms with Crippen molar-refractivity contribution >= 4 is 20.2 Å². The highest BCUT2D eigenvalue weighted by Crippen LogP contribution is 2.34. The van der Waals surface area contributed by atoms with E-state index in [0.29, 0.717) is 23.7 Å². The molecule has 3 aliphatic heterocycles. The highest BCUT2D eigenvalue weighted by Gasteiger charge is 2.43. The topological polar surface area (TPSA) is 92.9 Å². The van der Waals surface area contributed by atoms with Gasteiger partial charge in [-0.15, -0.1) is 0 Å². The SMILES string of the molecule is CCCCCCCCCCCCCCCCCCCCOP(O)O.O=C1C=C(N2CC2)C(=O)C(N2CC2)=C1N1CC1. The van der Waals surface area contributed by atoms with E-state index in [-0.39, 0.29) is 11.6 Å². The predicted octanol–water partition coefficient (Wildman–Crippen LogP) is 6.44. The van der Waals surface area contributed by atoms with Crippen LogP contribution in [0.15, 0.2) is 23.2 Å². The molecule has 0 atom stereocenters. The molecule has 4 aliphatic rings. The van der Waals surface area contributed by atoms with E-state index in [0.717, 1.165) is 52.1 Å². The molecule has 9 heteroatoms. The van der Waals surface area contributed by atoms with Gasteiger partial charge in [0.25, 0.3) is 0 Å². The first-order chi connectivity index (χ1) is 20.0. The van der Waals surface area contributed by atoms with E-state index >= 15 is 0 Å². The Balaban J connectivity index is 0.000000235. The molecular weight excluding hydrogens is 537 g/mol. The lowest BCUT2D eigenvalue weighted by molar-refractivity contribution is -0.117. The highest BCUT2D eigenvalue weighted by molar-refractivity contribution is 7.39. The smallest absolute Gasteiger partial charge is 0.327 e. The van der Waals surface area contributed by atoms with Crippen molar-refractivity contribution in [3.05, 3.63) is 23.2 Å². The van der Waals surface area contributed by atoms with E-state index in [1.54, 1.807) is 0 Å². The number of allylic oxidation sites excluding steroid dienone is 1. The van der Waals surface area contributed by atoms with Crippen LogP contribution in [0, 0.1) is 0 Å². The predicted molar refractivity (Wildman–Crippen MR) is 166 cm³/mol. The molecule has 0 amide bonds. The Hall–Kier alpha value is -1.47. The lowest BCUT2D eigenvalue weighted by Crippen LogP contribution is -2.29. The van der Waals surface area contributed by atoms with Crippen LogP contribution in [0.5, 0.6) is 0 Å². The van der Waals surface area contributed by atoms with Gasteiger partial charge in [-0.1, -0.05) is 116 Å². The number of hydrogen-bond acceptors (Lipinski definition) is 8. The van der Waals surface area contributed by atoms with Crippen molar-refractivity contribution in [2.75, 3.05) is 45.9 Å². The molecule has 0 radical (unpaired) electrons. The molecule has 0 saturated carbocycles. The third kappa shape index (κ3) is 14.0. The van der Waals surface area contributed by atoms with Crippen LogP contribution in [0.1, 0.15) is 122 Å².